The van der Waals surface area contributed by atoms with Gasteiger partial charge in [0.1, 0.15) is 0 Å². The first kappa shape index (κ1) is 8.50. The number of aromatic nitrogens is 1. The molecular weight excluding hydrogens is 182 g/mol. The molecule has 0 aliphatic carbocycles. The van der Waals surface area contributed by atoms with Gasteiger partial charge in [0, 0.05) is 6.08 Å². The fraction of sp³-hybridized carbons (Fsp3) is 0. The molecule has 0 bridgehead atoms. The normalized spacial score (nSPS) is 10.9. The molecule has 2 aromatic rings. The van der Waals surface area contributed by atoms with Crippen LogP contribution in [0.1, 0.15) is 11.5 Å². The number of benzene rings is 1. The topological polar surface area (TPSA) is 56.2 Å². The van der Waals surface area contributed by atoms with Crippen LogP contribution in [0.5, 0.6) is 0 Å². The first-order valence-corrected chi connectivity index (χ1v) is 4.04. The first-order valence-electron chi connectivity index (χ1n) is 4.04. The van der Waals surface area contributed by atoms with Crippen molar-refractivity contribution >= 4 is 12.2 Å². The van der Waals surface area contributed by atoms with Crippen LogP contribution >= 0.6 is 0 Å². The first-order chi connectivity index (χ1) is 6.84. The molecule has 0 radical (unpaired) electrons. The minimum absolute atomic E-state index is 0.166. The van der Waals surface area contributed by atoms with E-state index in [1.807, 2.05) is 30.3 Å². The van der Waals surface area contributed by atoms with Gasteiger partial charge in [-0.25, -0.2) is 4.79 Å². The van der Waals surface area contributed by atoms with E-state index in [2.05, 4.69) is 14.1 Å². The highest BCUT2D eigenvalue weighted by atomic mass is 16.6. The Labute approximate surface area is 79.5 Å². The molecule has 0 saturated heterocycles. The summed E-state index contributed by atoms with van der Waals surface area (Å²) >= 11 is 0. The van der Waals surface area contributed by atoms with Gasteiger partial charge >= 0.3 is 5.82 Å². The molecule has 0 spiro atoms. The Morgan fingerprint density at radius 2 is 1.93 bits per heavy atom. The Balaban J connectivity index is 2.19. The Bertz CT molecular complexity index is 481. The van der Waals surface area contributed by atoms with Gasteiger partial charge in [0.25, 0.3) is 5.89 Å². The van der Waals surface area contributed by atoms with Gasteiger partial charge in [-0.1, -0.05) is 30.3 Å². The predicted octanol–water partition coefficient (Wildman–Crippen LogP) is 1.80. The van der Waals surface area contributed by atoms with E-state index in [0.717, 1.165) is 5.56 Å². The van der Waals surface area contributed by atoms with Crippen molar-refractivity contribution in [1.29, 1.82) is 0 Å². The Kier molecular flexibility index (Phi) is 2.27. The van der Waals surface area contributed by atoms with Gasteiger partial charge in [-0.05, 0) is 16.8 Å². The van der Waals surface area contributed by atoms with Gasteiger partial charge in [0.05, 0.1) is 0 Å². The summed E-state index contributed by atoms with van der Waals surface area (Å²) in [5.41, 5.74) is 0.998. The Hall–Kier alpha value is -2.10. The van der Waals surface area contributed by atoms with Crippen molar-refractivity contribution in [2.45, 2.75) is 0 Å². The van der Waals surface area contributed by atoms with Crippen LogP contribution < -0.4 is 5.82 Å². The summed E-state index contributed by atoms with van der Waals surface area (Å²) in [6.07, 6.45) is 3.35. The third-order valence-electron chi connectivity index (χ3n) is 1.62. The molecule has 4 nitrogen and oxygen atoms in total. The highest BCUT2D eigenvalue weighted by molar-refractivity contribution is 5.65. The van der Waals surface area contributed by atoms with E-state index in [-0.39, 0.29) is 5.89 Å². The maximum Gasteiger partial charge on any atom is 0.542 e. The quantitative estimate of drug-likeness (QED) is 0.722. The summed E-state index contributed by atoms with van der Waals surface area (Å²) in [5, 5.41) is 3.39. The summed E-state index contributed by atoms with van der Waals surface area (Å²) in [7, 11) is 0. The summed E-state index contributed by atoms with van der Waals surface area (Å²) in [6, 6.07) is 9.61. The van der Waals surface area contributed by atoms with E-state index in [4.69, 9.17) is 0 Å². The van der Waals surface area contributed by atoms with Gasteiger partial charge in [-0.3, -0.25) is 4.52 Å². The van der Waals surface area contributed by atoms with Gasteiger partial charge in [-0.2, -0.15) is 0 Å². The molecule has 0 aliphatic rings. The molecule has 14 heavy (non-hydrogen) atoms. The van der Waals surface area contributed by atoms with Crippen molar-refractivity contribution in [1.82, 2.24) is 5.16 Å². The maximum absolute atomic E-state index is 10.5. The largest absolute Gasteiger partial charge is 0.542 e. The van der Waals surface area contributed by atoms with E-state index >= 15 is 0 Å². The number of hydrogen-bond acceptors (Lipinski definition) is 4. The zero-order chi connectivity index (χ0) is 9.80. The number of hydrogen-bond donors (Lipinski definition) is 0. The fourth-order valence-electron chi connectivity index (χ4n) is 1.00. The third-order valence-corrected chi connectivity index (χ3v) is 1.62. The maximum atomic E-state index is 10.5. The van der Waals surface area contributed by atoms with Gasteiger partial charge < -0.3 is 4.42 Å². The van der Waals surface area contributed by atoms with Crippen LogP contribution in [0.4, 0.5) is 0 Å². The van der Waals surface area contributed by atoms with Gasteiger partial charge in [-0.15, -0.1) is 0 Å². The molecular formula is C10H7NO3. The van der Waals surface area contributed by atoms with Crippen molar-refractivity contribution in [3.05, 3.63) is 52.4 Å². The number of rotatable bonds is 2. The Morgan fingerprint density at radius 3 is 2.57 bits per heavy atom. The van der Waals surface area contributed by atoms with Crippen LogP contribution in [-0.2, 0) is 0 Å². The van der Waals surface area contributed by atoms with E-state index in [0.29, 0.717) is 0 Å². The molecule has 0 aliphatic heterocycles. The van der Waals surface area contributed by atoms with Crippen LogP contribution in [0.15, 0.2) is 44.1 Å². The second kappa shape index (κ2) is 3.74. The lowest BCUT2D eigenvalue weighted by atomic mass is 10.2. The molecule has 70 valence electrons. The van der Waals surface area contributed by atoms with Crippen molar-refractivity contribution in [3.63, 3.8) is 0 Å². The van der Waals surface area contributed by atoms with Crippen LogP contribution in [0.25, 0.3) is 12.2 Å². The molecule has 1 aromatic heterocycles. The lowest BCUT2D eigenvalue weighted by Gasteiger charge is -1.87. The smallest absolute Gasteiger partial charge is 0.371 e. The second-order valence-corrected chi connectivity index (χ2v) is 2.62. The lowest BCUT2D eigenvalue weighted by molar-refractivity contribution is 0.335. The molecule has 0 fully saturated rings. The third kappa shape index (κ3) is 1.98. The van der Waals surface area contributed by atoms with Crippen LogP contribution in [0, 0.1) is 0 Å². The van der Waals surface area contributed by atoms with Crippen molar-refractivity contribution in [2.75, 3.05) is 0 Å². The van der Waals surface area contributed by atoms with Crippen LogP contribution in [-0.4, -0.2) is 5.16 Å². The fourth-order valence-corrected chi connectivity index (χ4v) is 1.00. The second-order valence-electron chi connectivity index (χ2n) is 2.62. The molecule has 0 N–H and O–H groups in total. The minimum Gasteiger partial charge on any atom is -0.371 e. The zero-order valence-electron chi connectivity index (χ0n) is 7.21. The average molecular weight is 189 g/mol. The summed E-state index contributed by atoms with van der Waals surface area (Å²) < 4.78 is 8.81. The van der Waals surface area contributed by atoms with E-state index in [1.165, 1.54) is 0 Å². The highest BCUT2D eigenvalue weighted by Gasteiger charge is 1.96. The molecule has 2 rings (SSSR count). The summed E-state index contributed by atoms with van der Waals surface area (Å²) in [6.45, 7) is 0. The Morgan fingerprint density at radius 1 is 1.14 bits per heavy atom. The zero-order valence-corrected chi connectivity index (χ0v) is 7.21. The monoisotopic (exact) mass is 189 g/mol. The van der Waals surface area contributed by atoms with E-state index < -0.39 is 5.82 Å². The van der Waals surface area contributed by atoms with Crippen molar-refractivity contribution in [2.24, 2.45) is 0 Å². The van der Waals surface area contributed by atoms with E-state index in [1.54, 1.807) is 12.2 Å². The lowest BCUT2D eigenvalue weighted by Crippen LogP contribution is -1.85. The SMILES string of the molecule is O=c1onc(/C=C/c2ccccc2)o1. The minimum atomic E-state index is -0.794. The molecule has 0 amide bonds. The molecule has 0 atom stereocenters. The highest BCUT2D eigenvalue weighted by Crippen LogP contribution is 2.04. The van der Waals surface area contributed by atoms with Crippen LogP contribution in [0.2, 0.25) is 0 Å². The standard InChI is InChI=1S/C10H7NO3/c12-10-13-9(11-14-10)7-6-8-4-2-1-3-5-8/h1-7H/b7-6+. The summed E-state index contributed by atoms with van der Waals surface area (Å²) in [5.74, 6) is -0.628. The molecule has 0 saturated carbocycles. The molecule has 1 aromatic carbocycles. The van der Waals surface area contributed by atoms with Gasteiger partial charge in [0.2, 0.25) is 0 Å². The van der Waals surface area contributed by atoms with Crippen molar-refractivity contribution < 1.29 is 8.94 Å². The van der Waals surface area contributed by atoms with E-state index in [9.17, 15) is 4.79 Å². The average Bonchev–Trinajstić information content (AvgIpc) is 2.63. The molecule has 4 heteroatoms. The van der Waals surface area contributed by atoms with Crippen molar-refractivity contribution in [3.8, 4) is 0 Å². The van der Waals surface area contributed by atoms with Crippen LogP contribution in [0.3, 0.4) is 0 Å². The molecule has 0 unspecified atom stereocenters. The predicted molar refractivity (Wildman–Crippen MR) is 50.4 cm³/mol. The molecule has 1 heterocycles. The van der Waals surface area contributed by atoms with Gasteiger partial charge in [0.15, 0.2) is 0 Å². The summed E-state index contributed by atoms with van der Waals surface area (Å²) in [4.78, 5) is 10.5. The number of nitrogens with zero attached hydrogens (tertiary/aromatic N) is 1.